The Morgan fingerprint density at radius 2 is 2.17 bits per heavy atom. The van der Waals surface area contributed by atoms with E-state index in [1.54, 1.807) is 19.1 Å². The lowest BCUT2D eigenvalue weighted by Crippen LogP contribution is -2.31. The molecule has 7 heteroatoms. The average molecular weight is 293 g/mol. The van der Waals surface area contributed by atoms with Crippen molar-refractivity contribution in [1.82, 2.24) is 4.72 Å². The fourth-order valence-corrected chi connectivity index (χ4v) is 2.96. The first-order chi connectivity index (χ1) is 8.40. The Labute approximate surface area is 112 Å². The van der Waals surface area contributed by atoms with Crippen LogP contribution in [0.1, 0.15) is 12.5 Å². The van der Waals surface area contributed by atoms with E-state index in [9.17, 15) is 8.42 Å². The number of benzene rings is 1. The fraction of sp³-hybridized carbons (Fsp3) is 0.455. The molecular weight excluding hydrogens is 276 g/mol. The van der Waals surface area contributed by atoms with Gasteiger partial charge in [0.25, 0.3) is 0 Å². The normalized spacial score (nSPS) is 13.6. The van der Waals surface area contributed by atoms with Gasteiger partial charge in [-0.15, -0.1) is 0 Å². The average Bonchev–Trinajstić information content (AvgIpc) is 2.35. The van der Waals surface area contributed by atoms with Crippen molar-refractivity contribution >= 4 is 21.6 Å². The highest BCUT2D eigenvalue weighted by molar-refractivity contribution is 7.89. The quantitative estimate of drug-likeness (QED) is 0.823. The van der Waals surface area contributed by atoms with Crippen LogP contribution in [0.25, 0.3) is 0 Å². The van der Waals surface area contributed by atoms with Crippen molar-refractivity contribution in [3.05, 3.63) is 28.8 Å². The van der Waals surface area contributed by atoms with Crippen LogP contribution < -0.4 is 10.5 Å². The SMILES string of the molecule is COC(C)CNS(=O)(=O)c1ccc(CN)cc1Cl. The van der Waals surface area contributed by atoms with Crippen LogP contribution in [-0.4, -0.2) is 28.2 Å². The molecule has 0 aliphatic rings. The van der Waals surface area contributed by atoms with E-state index in [1.165, 1.54) is 13.2 Å². The first kappa shape index (κ1) is 15.4. The summed E-state index contributed by atoms with van der Waals surface area (Å²) in [5.41, 5.74) is 6.24. The maximum absolute atomic E-state index is 12.0. The Balaban J connectivity index is 2.91. The topological polar surface area (TPSA) is 81.4 Å². The number of nitrogens with two attached hydrogens (primary N) is 1. The molecule has 1 unspecified atom stereocenters. The summed E-state index contributed by atoms with van der Waals surface area (Å²) in [6, 6.07) is 4.64. The molecule has 1 rings (SSSR count). The molecule has 0 aliphatic carbocycles. The summed E-state index contributed by atoms with van der Waals surface area (Å²) in [5, 5.41) is 0.163. The minimum absolute atomic E-state index is 0.0460. The molecule has 0 fully saturated rings. The molecule has 0 radical (unpaired) electrons. The first-order valence-corrected chi connectivity index (χ1v) is 7.27. The van der Waals surface area contributed by atoms with Gasteiger partial charge >= 0.3 is 0 Å². The minimum Gasteiger partial charge on any atom is -0.380 e. The second kappa shape index (κ2) is 6.49. The van der Waals surface area contributed by atoms with E-state index < -0.39 is 10.0 Å². The van der Waals surface area contributed by atoms with Gasteiger partial charge in [0, 0.05) is 20.2 Å². The van der Waals surface area contributed by atoms with Crippen LogP contribution in [0.3, 0.4) is 0 Å². The van der Waals surface area contributed by atoms with E-state index >= 15 is 0 Å². The van der Waals surface area contributed by atoms with Crippen molar-refractivity contribution < 1.29 is 13.2 Å². The lowest BCUT2D eigenvalue weighted by molar-refractivity contribution is 0.122. The predicted octanol–water partition coefficient (Wildman–Crippen LogP) is 1.11. The zero-order valence-electron chi connectivity index (χ0n) is 10.3. The largest absolute Gasteiger partial charge is 0.380 e. The van der Waals surface area contributed by atoms with E-state index in [0.29, 0.717) is 6.54 Å². The Bertz CT molecular complexity index is 505. The molecule has 1 aromatic carbocycles. The molecule has 0 saturated heterocycles. The Hall–Kier alpha value is -0.660. The summed E-state index contributed by atoms with van der Waals surface area (Å²) in [6.07, 6.45) is -0.207. The smallest absolute Gasteiger partial charge is 0.242 e. The molecule has 0 bridgehead atoms. The van der Waals surface area contributed by atoms with Crippen LogP contribution in [0.2, 0.25) is 5.02 Å². The second-order valence-corrected chi connectivity index (χ2v) is 6.01. The molecular formula is C11H17ClN2O3S. The molecule has 0 aromatic heterocycles. The molecule has 5 nitrogen and oxygen atoms in total. The van der Waals surface area contributed by atoms with Crippen molar-refractivity contribution in [3.63, 3.8) is 0 Å². The third-order valence-electron chi connectivity index (χ3n) is 2.48. The standard InChI is InChI=1S/C11H17ClN2O3S/c1-8(17-2)7-14-18(15,16)11-4-3-9(6-13)5-10(11)12/h3-5,8,14H,6-7,13H2,1-2H3. The molecule has 0 heterocycles. The van der Waals surface area contributed by atoms with Gasteiger partial charge < -0.3 is 10.5 Å². The molecule has 1 atom stereocenters. The number of hydrogen-bond acceptors (Lipinski definition) is 4. The maximum atomic E-state index is 12.0. The number of halogens is 1. The third kappa shape index (κ3) is 3.93. The van der Waals surface area contributed by atoms with Crippen LogP contribution in [0.4, 0.5) is 0 Å². The molecule has 0 aliphatic heterocycles. The van der Waals surface area contributed by atoms with Crippen molar-refractivity contribution in [2.24, 2.45) is 5.73 Å². The van der Waals surface area contributed by atoms with Gasteiger partial charge in [-0.1, -0.05) is 17.7 Å². The van der Waals surface area contributed by atoms with Crippen molar-refractivity contribution in [3.8, 4) is 0 Å². The van der Waals surface area contributed by atoms with Gasteiger partial charge in [0.2, 0.25) is 10.0 Å². The van der Waals surface area contributed by atoms with Gasteiger partial charge in [0.05, 0.1) is 11.1 Å². The fourth-order valence-electron chi connectivity index (χ4n) is 1.28. The van der Waals surface area contributed by atoms with E-state index in [4.69, 9.17) is 22.1 Å². The number of rotatable bonds is 6. The highest BCUT2D eigenvalue weighted by Crippen LogP contribution is 2.22. The molecule has 1 aromatic rings. The van der Waals surface area contributed by atoms with E-state index in [2.05, 4.69) is 4.72 Å². The Morgan fingerprint density at radius 1 is 1.50 bits per heavy atom. The van der Waals surface area contributed by atoms with Gasteiger partial charge in [-0.2, -0.15) is 0 Å². The van der Waals surface area contributed by atoms with E-state index in [1.807, 2.05) is 0 Å². The van der Waals surface area contributed by atoms with Crippen LogP contribution in [0, 0.1) is 0 Å². The summed E-state index contributed by atoms with van der Waals surface area (Å²) in [5.74, 6) is 0. The van der Waals surface area contributed by atoms with Gasteiger partial charge in [0.1, 0.15) is 4.90 Å². The monoisotopic (exact) mass is 292 g/mol. The zero-order chi connectivity index (χ0) is 13.8. The number of methoxy groups -OCH3 is 1. The summed E-state index contributed by atoms with van der Waals surface area (Å²) in [4.78, 5) is 0.0460. The minimum atomic E-state index is -3.62. The number of nitrogens with one attached hydrogen (secondary N) is 1. The van der Waals surface area contributed by atoms with Crippen molar-refractivity contribution in [2.45, 2.75) is 24.5 Å². The first-order valence-electron chi connectivity index (χ1n) is 5.41. The maximum Gasteiger partial charge on any atom is 0.242 e. The summed E-state index contributed by atoms with van der Waals surface area (Å²) >= 11 is 5.94. The summed E-state index contributed by atoms with van der Waals surface area (Å²) in [7, 11) is -2.11. The van der Waals surface area contributed by atoms with E-state index in [0.717, 1.165) is 5.56 Å². The van der Waals surface area contributed by atoms with Gasteiger partial charge in [-0.25, -0.2) is 13.1 Å². The molecule has 3 N–H and O–H groups in total. The summed E-state index contributed by atoms with van der Waals surface area (Å²) < 4.78 is 31.4. The third-order valence-corrected chi connectivity index (χ3v) is 4.39. The van der Waals surface area contributed by atoms with Crippen molar-refractivity contribution in [2.75, 3.05) is 13.7 Å². The van der Waals surface area contributed by atoms with Crippen LogP contribution in [0.5, 0.6) is 0 Å². The molecule has 0 amide bonds. The summed E-state index contributed by atoms with van der Waals surface area (Å²) in [6.45, 7) is 2.27. The highest BCUT2D eigenvalue weighted by Gasteiger charge is 2.18. The predicted molar refractivity (Wildman–Crippen MR) is 71.0 cm³/mol. The highest BCUT2D eigenvalue weighted by atomic mass is 35.5. The van der Waals surface area contributed by atoms with Gasteiger partial charge in [-0.3, -0.25) is 0 Å². The van der Waals surface area contributed by atoms with Crippen LogP contribution in [0.15, 0.2) is 23.1 Å². The van der Waals surface area contributed by atoms with Crippen molar-refractivity contribution in [1.29, 1.82) is 0 Å². The molecule has 0 saturated carbocycles. The number of hydrogen-bond donors (Lipinski definition) is 2. The number of ether oxygens (including phenoxy) is 1. The van der Waals surface area contributed by atoms with Gasteiger partial charge in [0.15, 0.2) is 0 Å². The molecule has 0 spiro atoms. The van der Waals surface area contributed by atoms with Gasteiger partial charge in [-0.05, 0) is 24.6 Å². The lowest BCUT2D eigenvalue weighted by Gasteiger charge is -2.12. The molecule has 18 heavy (non-hydrogen) atoms. The Kier molecular flexibility index (Phi) is 5.55. The van der Waals surface area contributed by atoms with Crippen LogP contribution >= 0.6 is 11.6 Å². The molecule has 102 valence electrons. The second-order valence-electron chi connectivity index (χ2n) is 3.87. The van der Waals surface area contributed by atoms with Crippen LogP contribution in [-0.2, 0) is 21.3 Å². The number of sulfonamides is 1. The zero-order valence-corrected chi connectivity index (χ0v) is 11.9. The van der Waals surface area contributed by atoms with E-state index in [-0.39, 0.29) is 22.6 Å². The Morgan fingerprint density at radius 3 is 2.67 bits per heavy atom. The lowest BCUT2D eigenvalue weighted by atomic mass is 10.2.